The van der Waals surface area contributed by atoms with Gasteiger partial charge in [-0.25, -0.2) is 10.2 Å². The molecule has 0 fully saturated rings. The quantitative estimate of drug-likeness (QED) is 0.132. The molecule has 9 heteroatoms. The number of amides is 1. The number of benzene rings is 3. The number of halogens is 1. The molecule has 150 valence electrons. The average Bonchev–Trinajstić information content (AvgIpc) is 2.75. The lowest BCUT2D eigenvalue weighted by Crippen LogP contribution is -2.17. The van der Waals surface area contributed by atoms with Crippen LogP contribution in [0.3, 0.4) is 0 Å². The second kappa shape index (κ2) is 9.74. The number of nitrogens with zero attached hydrogens (tertiary/aromatic N) is 2. The highest BCUT2D eigenvalue weighted by Crippen LogP contribution is 2.17. The van der Waals surface area contributed by atoms with Crippen LogP contribution in [-0.2, 0) is 0 Å². The SMILES string of the molecule is O=C(NN=Cc1ccc(OC(=O)c2ccccc2I)cc1)c1ccc([N+](=O)[O-])cc1. The molecule has 1 amide bonds. The van der Waals surface area contributed by atoms with Crippen LogP contribution in [0.4, 0.5) is 5.69 Å². The molecule has 0 aliphatic carbocycles. The number of rotatable bonds is 6. The van der Waals surface area contributed by atoms with Crippen LogP contribution in [0.25, 0.3) is 0 Å². The van der Waals surface area contributed by atoms with Gasteiger partial charge in [0.15, 0.2) is 0 Å². The molecular formula is C21H14IN3O5. The second-order valence-corrected chi connectivity index (χ2v) is 7.10. The Bertz CT molecular complexity index is 1110. The fourth-order valence-electron chi connectivity index (χ4n) is 2.38. The Morgan fingerprint density at radius 3 is 2.30 bits per heavy atom. The molecule has 0 saturated heterocycles. The topological polar surface area (TPSA) is 111 Å². The molecule has 1 N–H and O–H groups in total. The van der Waals surface area contributed by atoms with Gasteiger partial charge in [-0.05, 0) is 76.7 Å². The largest absolute Gasteiger partial charge is 0.423 e. The van der Waals surface area contributed by atoms with Gasteiger partial charge in [0, 0.05) is 21.3 Å². The van der Waals surface area contributed by atoms with Crippen molar-refractivity contribution in [1.82, 2.24) is 5.43 Å². The molecule has 0 atom stereocenters. The van der Waals surface area contributed by atoms with Gasteiger partial charge in [-0.1, -0.05) is 12.1 Å². The minimum absolute atomic E-state index is 0.0992. The predicted molar refractivity (Wildman–Crippen MR) is 119 cm³/mol. The highest BCUT2D eigenvalue weighted by molar-refractivity contribution is 14.1. The van der Waals surface area contributed by atoms with Gasteiger partial charge in [0.05, 0.1) is 16.7 Å². The fourth-order valence-corrected chi connectivity index (χ4v) is 2.98. The first-order valence-electron chi connectivity index (χ1n) is 8.58. The van der Waals surface area contributed by atoms with Crippen LogP contribution in [0.5, 0.6) is 5.75 Å². The number of esters is 1. The zero-order chi connectivity index (χ0) is 21.5. The molecule has 0 aromatic heterocycles. The van der Waals surface area contributed by atoms with Gasteiger partial charge in [-0.2, -0.15) is 5.10 Å². The predicted octanol–water partition coefficient (Wildman–Crippen LogP) is 4.18. The molecule has 0 radical (unpaired) electrons. The number of nitro groups is 1. The van der Waals surface area contributed by atoms with Crippen LogP contribution < -0.4 is 10.2 Å². The molecule has 0 saturated carbocycles. The van der Waals surface area contributed by atoms with E-state index in [0.717, 1.165) is 3.57 Å². The Morgan fingerprint density at radius 1 is 1.00 bits per heavy atom. The third-order valence-corrected chi connectivity index (χ3v) is 4.85. The minimum Gasteiger partial charge on any atom is -0.423 e. The van der Waals surface area contributed by atoms with Crippen LogP contribution in [-0.4, -0.2) is 23.0 Å². The van der Waals surface area contributed by atoms with Gasteiger partial charge >= 0.3 is 5.97 Å². The molecule has 30 heavy (non-hydrogen) atoms. The van der Waals surface area contributed by atoms with E-state index in [1.54, 1.807) is 36.4 Å². The standard InChI is InChI=1S/C21H14IN3O5/c22-19-4-2-1-3-18(19)21(27)30-17-11-5-14(6-12-17)13-23-24-20(26)15-7-9-16(10-8-15)25(28)29/h1-13H,(H,24,26). The number of non-ortho nitro benzene ring substituents is 1. The Labute approximate surface area is 184 Å². The number of hydrogen-bond acceptors (Lipinski definition) is 6. The van der Waals surface area contributed by atoms with Crippen LogP contribution in [0.15, 0.2) is 77.9 Å². The Kier molecular flexibility index (Phi) is 6.86. The molecule has 0 heterocycles. The third kappa shape index (κ3) is 5.47. The molecule has 3 aromatic rings. The monoisotopic (exact) mass is 515 g/mol. The van der Waals surface area contributed by atoms with Crippen LogP contribution in [0.1, 0.15) is 26.3 Å². The van der Waals surface area contributed by atoms with Crippen molar-refractivity contribution < 1.29 is 19.2 Å². The lowest BCUT2D eigenvalue weighted by atomic mass is 10.2. The van der Waals surface area contributed by atoms with Crippen molar-refractivity contribution in [2.75, 3.05) is 0 Å². The van der Waals surface area contributed by atoms with Crippen molar-refractivity contribution in [3.8, 4) is 5.75 Å². The number of hydrogen-bond donors (Lipinski definition) is 1. The van der Waals surface area contributed by atoms with E-state index in [0.29, 0.717) is 16.9 Å². The molecule has 3 rings (SSSR count). The highest BCUT2D eigenvalue weighted by Gasteiger charge is 2.12. The second-order valence-electron chi connectivity index (χ2n) is 5.94. The maximum Gasteiger partial charge on any atom is 0.344 e. The zero-order valence-corrected chi connectivity index (χ0v) is 17.5. The molecule has 0 aliphatic heterocycles. The molecule has 0 unspecified atom stereocenters. The van der Waals surface area contributed by atoms with Crippen LogP contribution in [0.2, 0.25) is 0 Å². The minimum atomic E-state index is -0.540. The van der Waals surface area contributed by atoms with E-state index in [-0.39, 0.29) is 11.3 Å². The molecular weight excluding hydrogens is 501 g/mol. The normalized spacial score (nSPS) is 10.6. The van der Waals surface area contributed by atoms with Crippen molar-refractivity contribution in [3.63, 3.8) is 0 Å². The summed E-state index contributed by atoms with van der Waals surface area (Å²) >= 11 is 2.07. The van der Waals surface area contributed by atoms with Crippen LogP contribution in [0, 0.1) is 13.7 Å². The summed E-state index contributed by atoms with van der Waals surface area (Å²) in [4.78, 5) is 34.3. The number of hydrazone groups is 1. The van der Waals surface area contributed by atoms with Gasteiger partial charge < -0.3 is 4.74 Å². The Morgan fingerprint density at radius 2 is 1.67 bits per heavy atom. The summed E-state index contributed by atoms with van der Waals surface area (Å²) in [5.41, 5.74) is 3.65. The molecule has 0 aliphatic rings. The van der Waals surface area contributed by atoms with E-state index in [4.69, 9.17) is 4.74 Å². The highest BCUT2D eigenvalue weighted by atomic mass is 127. The van der Waals surface area contributed by atoms with Crippen molar-refractivity contribution >= 4 is 46.4 Å². The molecule has 0 bridgehead atoms. The number of nitro benzene ring substituents is 1. The van der Waals surface area contributed by atoms with Crippen molar-refractivity contribution in [1.29, 1.82) is 0 Å². The number of nitrogens with one attached hydrogen (secondary N) is 1. The summed E-state index contributed by atoms with van der Waals surface area (Å²) < 4.78 is 6.16. The van der Waals surface area contributed by atoms with E-state index in [2.05, 4.69) is 33.1 Å². The van der Waals surface area contributed by atoms with Gasteiger partial charge in [0.25, 0.3) is 11.6 Å². The lowest BCUT2D eigenvalue weighted by Gasteiger charge is -2.06. The van der Waals surface area contributed by atoms with Crippen molar-refractivity contribution in [2.45, 2.75) is 0 Å². The summed E-state index contributed by atoms with van der Waals surface area (Å²) in [6.45, 7) is 0. The Balaban J connectivity index is 1.56. The average molecular weight is 515 g/mol. The van der Waals surface area contributed by atoms with E-state index in [1.165, 1.54) is 30.5 Å². The van der Waals surface area contributed by atoms with E-state index in [9.17, 15) is 19.7 Å². The zero-order valence-electron chi connectivity index (χ0n) is 15.3. The number of carbonyl (C=O) groups is 2. The Hall–Kier alpha value is -3.60. The third-order valence-electron chi connectivity index (χ3n) is 3.90. The van der Waals surface area contributed by atoms with Gasteiger partial charge in [-0.3, -0.25) is 14.9 Å². The van der Waals surface area contributed by atoms with Crippen LogP contribution >= 0.6 is 22.6 Å². The molecule has 0 spiro atoms. The maximum absolute atomic E-state index is 12.2. The fraction of sp³-hybridized carbons (Fsp3) is 0. The van der Waals surface area contributed by atoms with Crippen molar-refractivity contribution in [3.05, 3.63) is 103 Å². The summed E-state index contributed by atoms with van der Waals surface area (Å²) in [6.07, 6.45) is 1.43. The summed E-state index contributed by atoms with van der Waals surface area (Å²) in [5.74, 6) is -0.562. The van der Waals surface area contributed by atoms with Gasteiger partial charge in [0.1, 0.15) is 5.75 Å². The van der Waals surface area contributed by atoms with Gasteiger partial charge in [-0.15, -0.1) is 0 Å². The maximum atomic E-state index is 12.2. The number of carbonyl (C=O) groups excluding carboxylic acids is 2. The summed E-state index contributed by atoms with van der Waals surface area (Å²) in [7, 11) is 0. The first-order valence-corrected chi connectivity index (χ1v) is 9.66. The van der Waals surface area contributed by atoms with Gasteiger partial charge in [0.2, 0.25) is 0 Å². The van der Waals surface area contributed by atoms with E-state index >= 15 is 0 Å². The molecule has 8 nitrogen and oxygen atoms in total. The smallest absolute Gasteiger partial charge is 0.344 e. The first kappa shape index (κ1) is 21.1. The summed E-state index contributed by atoms with van der Waals surface area (Å²) in [5, 5.41) is 14.5. The lowest BCUT2D eigenvalue weighted by molar-refractivity contribution is -0.384. The number of ether oxygens (including phenoxy) is 1. The first-order chi connectivity index (χ1) is 14.4. The molecule has 3 aromatic carbocycles. The van der Waals surface area contributed by atoms with E-state index in [1.807, 2.05) is 12.1 Å². The van der Waals surface area contributed by atoms with E-state index < -0.39 is 16.8 Å². The summed E-state index contributed by atoms with van der Waals surface area (Å²) in [6, 6.07) is 18.9. The van der Waals surface area contributed by atoms with Crippen molar-refractivity contribution in [2.24, 2.45) is 5.10 Å².